The highest BCUT2D eigenvalue weighted by Gasteiger charge is 2.18. The Morgan fingerprint density at radius 2 is 1.90 bits per heavy atom. The van der Waals surface area contributed by atoms with Gasteiger partial charge in [0.2, 0.25) is 5.82 Å². The van der Waals surface area contributed by atoms with Gasteiger partial charge in [-0.1, -0.05) is 23.2 Å². The molecule has 21 heavy (non-hydrogen) atoms. The quantitative estimate of drug-likeness (QED) is 0.529. The molecule has 0 unspecified atom stereocenters. The third kappa shape index (κ3) is 3.23. The van der Waals surface area contributed by atoms with E-state index in [9.17, 15) is 19.3 Å². The molecule has 0 aliphatic carbocycles. The zero-order chi connectivity index (χ0) is 15.6. The number of anilines is 1. The van der Waals surface area contributed by atoms with Crippen LogP contribution in [0.5, 0.6) is 0 Å². The first kappa shape index (κ1) is 15.1. The number of nitro benzene ring substituents is 1. The van der Waals surface area contributed by atoms with Gasteiger partial charge in [0.05, 0.1) is 4.92 Å². The van der Waals surface area contributed by atoms with E-state index in [2.05, 4.69) is 15.3 Å². The Bertz CT molecular complexity index is 721. The van der Waals surface area contributed by atoms with Crippen LogP contribution in [0.25, 0.3) is 0 Å². The Kier molecular flexibility index (Phi) is 4.29. The van der Waals surface area contributed by atoms with Crippen molar-refractivity contribution in [1.82, 2.24) is 9.97 Å². The average Bonchev–Trinajstić information content (AvgIpc) is 2.42. The average molecular weight is 331 g/mol. The number of halogens is 3. The van der Waals surface area contributed by atoms with E-state index in [1.54, 1.807) is 0 Å². The van der Waals surface area contributed by atoms with E-state index in [0.29, 0.717) is 0 Å². The Morgan fingerprint density at radius 3 is 2.43 bits per heavy atom. The number of nitrogens with one attached hydrogen (secondary N) is 1. The summed E-state index contributed by atoms with van der Waals surface area (Å²) < 4.78 is 13.5. The summed E-state index contributed by atoms with van der Waals surface area (Å²) in [5.41, 5.74) is -0.913. The fourth-order valence-electron chi connectivity index (χ4n) is 1.43. The van der Waals surface area contributed by atoms with Crippen molar-refractivity contribution in [3.8, 4) is 0 Å². The van der Waals surface area contributed by atoms with Gasteiger partial charge in [0.25, 0.3) is 5.91 Å². The van der Waals surface area contributed by atoms with Crippen molar-refractivity contribution in [2.24, 2.45) is 0 Å². The van der Waals surface area contributed by atoms with E-state index in [4.69, 9.17) is 23.2 Å². The summed E-state index contributed by atoms with van der Waals surface area (Å²) in [6.45, 7) is 0. The van der Waals surface area contributed by atoms with Gasteiger partial charge >= 0.3 is 5.69 Å². The minimum Gasteiger partial charge on any atom is -0.317 e. The van der Waals surface area contributed by atoms with Crippen molar-refractivity contribution in [2.45, 2.75) is 0 Å². The third-order valence-corrected chi connectivity index (χ3v) is 2.97. The monoisotopic (exact) mass is 330 g/mol. The summed E-state index contributed by atoms with van der Waals surface area (Å²) in [6.07, 6.45) is 1.10. The summed E-state index contributed by atoms with van der Waals surface area (Å²) in [5, 5.41) is 12.6. The molecule has 0 fully saturated rings. The number of nitrogens with zero attached hydrogens (tertiary/aromatic N) is 3. The van der Waals surface area contributed by atoms with Crippen molar-refractivity contribution in [1.29, 1.82) is 0 Å². The Labute approximate surface area is 126 Å². The molecule has 0 radical (unpaired) electrons. The van der Waals surface area contributed by atoms with Crippen LogP contribution in [0.15, 0.2) is 24.5 Å². The second kappa shape index (κ2) is 5.98. The lowest BCUT2D eigenvalue weighted by Crippen LogP contribution is -2.14. The molecule has 0 aliphatic heterocycles. The van der Waals surface area contributed by atoms with E-state index in [1.165, 1.54) is 0 Å². The van der Waals surface area contributed by atoms with Crippen LogP contribution in [-0.4, -0.2) is 20.8 Å². The molecule has 0 atom stereocenters. The molecular weight excluding hydrogens is 326 g/mol. The van der Waals surface area contributed by atoms with Crippen LogP contribution in [0, 0.1) is 15.9 Å². The van der Waals surface area contributed by atoms with Crippen LogP contribution in [0.1, 0.15) is 10.4 Å². The number of nitro groups is 1. The van der Waals surface area contributed by atoms with Crippen molar-refractivity contribution < 1.29 is 14.1 Å². The highest BCUT2D eigenvalue weighted by atomic mass is 35.5. The molecule has 0 saturated heterocycles. The molecule has 0 aliphatic rings. The molecule has 10 heteroatoms. The number of hydrogen-bond acceptors (Lipinski definition) is 5. The van der Waals surface area contributed by atoms with Crippen molar-refractivity contribution in [3.63, 3.8) is 0 Å². The molecule has 2 aromatic rings. The van der Waals surface area contributed by atoms with Gasteiger partial charge in [-0.2, -0.15) is 4.39 Å². The number of benzene rings is 1. The normalized spacial score (nSPS) is 10.2. The number of carbonyl (C=O) groups is 1. The van der Waals surface area contributed by atoms with Crippen molar-refractivity contribution >= 4 is 40.5 Å². The first-order valence-corrected chi connectivity index (χ1v) is 6.07. The summed E-state index contributed by atoms with van der Waals surface area (Å²) in [5.74, 6) is -1.89. The lowest BCUT2D eigenvalue weighted by molar-refractivity contribution is -0.387. The summed E-state index contributed by atoms with van der Waals surface area (Å²) >= 11 is 11.5. The molecule has 1 aromatic heterocycles. The first-order valence-electron chi connectivity index (χ1n) is 5.31. The number of carbonyl (C=O) groups excluding carboxylic acids is 1. The molecule has 0 spiro atoms. The maximum absolute atomic E-state index is 13.5. The minimum absolute atomic E-state index is 0.0374. The highest BCUT2D eigenvalue weighted by molar-refractivity contribution is 6.38. The maximum Gasteiger partial charge on any atom is 0.304 e. The van der Waals surface area contributed by atoms with Gasteiger partial charge in [-0.3, -0.25) is 14.9 Å². The molecule has 108 valence electrons. The summed E-state index contributed by atoms with van der Waals surface area (Å²) in [6, 6.07) is 2.72. The van der Waals surface area contributed by atoms with Crippen molar-refractivity contribution in [2.75, 3.05) is 5.32 Å². The fourth-order valence-corrected chi connectivity index (χ4v) is 1.84. The number of amides is 1. The van der Waals surface area contributed by atoms with E-state index < -0.39 is 22.3 Å². The van der Waals surface area contributed by atoms with Crippen LogP contribution in [0.4, 0.5) is 15.8 Å². The lowest BCUT2D eigenvalue weighted by atomic mass is 10.2. The molecule has 7 nitrogen and oxygen atoms in total. The Hall–Kier alpha value is -2.32. The van der Waals surface area contributed by atoms with Gasteiger partial charge in [-0.05, 0) is 12.1 Å². The van der Waals surface area contributed by atoms with Crippen LogP contribution in [-0.2, 0) is 0 Å². The molecule has 2 rings (SSSR count). The Morgan fingerprint density at radius 1 is 1.29 bits per heavy atom. The summed E-state index contributed by atoms with van der Waals surface area (Å²) in [4.78, 5) is 28.8. The molecule has 1 N–H and O–H groups in total. The second-order valence-corrected chi connectivity index (χ2v) is 4.42. The van der Waals surface area contributed by atoms with E-state index in [-0.39, 0.29) is 21.6 Å². The predicted octanol–water partition coefficient (Wildman–Crippen LogP) is 3.08. The second-order valence-electron chi connectivity index (χ2n) is 3.71. The van der Waals surface area contributed by atoms with Crippen molar-refractivity contribution in [3.05, 3.63) is 56.3 Å². The summed E-state index contributed by atoms with van der Waals surface area (Å²) in [7, 11) is 0. The number of hydrogen-bond donors (Lipinski definition) is 1. The third-order valence-electron chi connectivity index (χ3n) is 2.40. The molecule has 1 heterocycles. The zero-order valence-electron chi connectivity index (χ0n) is 10.0. The molecule has 1 amide bonds. The smallest absolute Gasteiger partial charge is 0.304 e. The largest absolute Gasteiger partial charge is 0.317 e. The van der Waals surface area contributed by atoms with E-state index >= 15 is 0 Å². The van der Waals surface area contributed by atoms with Gasteiger partial charge in [-0.15, -0.1) is 0 Å². The Balaban J connectivity index is 2.29. The van der Waals surface area contributed by atoms with Crippen LogP contribution >= 0.6 is 23.2 Å². The number of aromatic nitrogens is 2. The van der Waals surface area contributed by atoms with Gasteiger partial charge in [0, 0.05) is 11.6 Å². The highest BCUT2D eigenvalue weighted by Crippen LogP contribution is 2.26. The van der Waals surface area contributed by atoms with Crippen LogP contribution < -0.4 is 5.32 Å². The van der Waals surface area contributed by atoms with Gasteiger partial charge in [0.1, 0.15) is 12.0 Å². The minimum atomic E-state index is -1.13. The van der Waals surface area contributed by atoms with E-state index in [1.807, 2.05) is 0 Å². The van der Waals surface area contributed by atoms with Gasteiger partial charge < -0.3 is 5.32 Å². The standard InChI is InChI=1S/C11H5Cl2FN4O3/c12-9-8(10(13)16-4-15-9)17-11(19)5-1-2-7(18(20)21)6(14)3-5/h1-4H,(H,17,19). The lowest BCUT2D eigenvalue weighted by Gasteiger charge is -2.07. The maximum atomic E-state index is 13.5. The molecular formula is C11H5Cl2FN4O3. The van der Waals surface area contributed by atoms with Gasteiger partial charge in [-0.25, -0.2) is 9.97 Å². The molecule has 1 aromatic carbocycles. The fraction of sp³-hybridized carbons (Fsp3) is 0. The molecule has 0 saturated carbocycles. The molecule has 0 bridgehead atoms. The van der Waals surface area contributed by atoms with Crippen LogP contribution in [0.3, 0.4) is 0 Å². The SMILES string of the molecule is O=C(Nc1c(Cl)ncnc1Cl)c1ccc([N+](=O)[O-])c(F)c1. The number of rotatable bonds is 3. The first-order chi connectivity index (χ1) is 9.90. The van der Waals surface area contributed by atoms with Crippen LogP contribution in [0.2, 0.25) is 10.3 Å². The van der Waals surface area contributed by atoms with Gasteiger partial charge in [0.15, 0.2) is 10.3 Å². The topological polar surface area (TPSA) is 98.0 Å². The zero-order valence-corrected chi connectivity index (χ0v) is 11.5. The predicted molar refractivity (Wildman–Crippen MR) is 73.1 cm³/mol. The van der Waals surface area contributed by atoms with E-state index in [0.717, 1.165) is 24.5 Å².